The van der Waals surface area contributed by atoms with E-state index in [4.69, 9.17) is 11.6 Å². The topological polar surface area (TPSA) is 80.1 Å². The van der Waals surface area contributed by atoms with E-state index in [0.717, 1.165) is 37.1 Å². The lowest BCUT2D eigenvalue weighted by molar-refractivity contribution is -0.121. The Morgan fingerprint density at radius 3 is 2.64 bits per heavy atom. The van der Waals surface area contributed by atoms with Crippen LogP contribution >= 0.6 is 23.4 Å². The summed E-state index contributed by atoms with van der Waals surface area (Å²) in [7, 11) is 0. The third-order valence-electron chi connectivity index (χ3n) is 6.14. The zero-order valence-electron chi connectivity index (χ0n) is 18.2. The number of aromatic nitrogens is 3. The summed E-state index contributed by atoms with van der Waals surface area (Å²) in [4.78, 5) is 27.2. The molecule has 0 bridgehead atoms. The van der Waals surface area contributed by atoms with Crippen molar-refractivity contribution >= 4 is 46.6 Å². The largest absolute Gasteiger partial charge is 0.323 e. The average Bonchev–Trinajstić information content (AvgIpc) is 3.48. The second-order valence-electron chi connectivity index (χ2n) is 8.34. The molecule has 0 spiro atoms. The summed E-state index contributed by atoms with van der Waals surface area (Å²) in [6.07, 6.45) is 4.41. The number of hydrogen-bond acceptors (Lipinski definition) is 5. The number of nitrogens with one attached hydrogen (secondary N) is 1. The van der Waals surface area contributed by atoms with Crippen molar-refractivity contribution in [3.05, 3.63) is 53.6 Å². The van der Waals surface area contributed by atoms with E-state index in [1.807, 2.05) is 49.4 Å². The first kappa shape index (κ1) is 22.0. The zero-order chi connectivity index (χ0) is 22.9. The highest BCUT2D eigenvalue weighted by Gasteiger charge is 2.32. The second-order valence-corrected chi connectivity index (χ2v) is 10.1. The number of rotatable bonds is 5. The molecular formula is C24H24ClN5O2S. The van der Waals surface area contributed by atoms with Crippen LogP contribution in [0.5, 0.6) is 0 Å². The Hall–Kier alpha value is -2.84. The molecule has 1 atom stereocenters. The van der Waals surface area contributed by atoms with Gasteiger partial charge in [-0.05, 0) is 44.0 Å². The number of anilines is 2. The highest BCUT2D eigenvalue weighted by Crippen LogP contribution is 2.39. The van der Waals surface area contributed by atoms with Crippen molar-refractivity contribution in [1.82, 2.24) is 14.8 Å². The lowest BCUT2D eigenvalue weighted by Crippen LogP contribution is -2.45. The van der Waals surface area contributed by atoms with Gasteiger partial charge in [0.05, 0.1) is 21.6 Å². The van der Waals surface area contributed by atoms with E-state index < -0.39 is 5.25 Å². The zero-order valence-corrected chi connectivity index (χ0v) is 19.8. The molecule has 33 heavy (non-hydrogen) atoms. The van der Waals surface area contributed by atoms with Crippen LogP contribution in [-0.4, -0.2) is 38.4 Å². The fourth-order valence-corrected chi connectivity index (χ4v) is 5.73. The van der Waals surface area contributed by atoms with Gasteiger partial charge in [0.15, 0.2) is 11.0 Å². The Labute approximate surface area is 201 Å². The van der Waals surface area contributed by atoms with E-state index in [1.165, 1.54) is 11.8 Å². The first-order chi connectivity index (χ1) is 16.0. The van der Waals surface area contributed by atoms with Crippen molar-refractivity contribution in [2.75, 3.05) is 16.8 Å². The summed E-state index contributed by atoms with van der Waals surface area (Å²) >= 11 is 7.86. The van der Waals surface area contributed by atoms with Crippen molar-refractivity contribution < 1.29 is 9.59 Å². The smallest absolute Gasteiger partial charge is 0.244 e. The van der Waals surface area contributed by atoms with E-state index in [-0.39, 0.29) is 24.4 Å². The van der Waals surface area contributed by atoms with E-state index in [9.17, 15) is 9.59 Å². The van der Waals surface area contributed by atoms with Gasteiger partial charge in [-0.15, -0.1) is 10.2 Å². The summed E-state index contributed by atoms with van der Waals surface area (Å²) in [5.41, 5.74) is 2.20. The summed E-state index contributed by atoms with van der Waals surface area (Å²) in [6, 6.07) is 15.3. The Morgan fingerprint density at radius 1 is 1.12 bits per heavy atom. The number of halogens is 1. The van der Waals surface area contributed by atoms with Gasteiger partial charge >= 0.3 is 0 Å². The SMILES string of the molecule is C[C@H](Sc1nnc(-c2ccccc2Cl)n1C1CCCC1)C(=O)N1CC(=O)Nc2ccccc21. The van der Waals surface area contributed by atoms with Crippen LogP contribution in [0.15, 0.2) is 53.7 Å². The van der Waals surface area contributed by atoms with E-state index in [1.54, 1.807) is 11.0 Å². The number of amides is 2. The molecular weight excluding hydrogens is 458 g/mol. The molecule has 170 valence electrons. The molecule has 0 saturated heterocycles. The fraction of sp³-hybridized carbons (Fsp3) is 0.333. The van der Waals surface area contributed by atoms with Crippen LogP contribution in [0.1, 0.15) is 38.6 Å². The Balaban J connectivity index is 1.45. The molecule has 1 N–H and O–H groups in total. The van der Waals surface area contributed by atoms with Crippen LogP contribution in [0.3, 0.4) is 0 Å². The molecule has 2 heterocycles. The van der Waals surface area contributed by atoms with Crippen molar-refractivity contribution in [3.63, 3.8) is 0 Å². The number of carbonyl (C=O) groups excluding carboxylic acids is 2. The highest BCUT2D eigenvalue weighted by molar-refractivity contribution is 8.00. The van der Waals surface area contributed by atoms with Gasteiger partial charge < -0.3 is 5.32 Å². The number of hydrogen-bond donors (Lipinski definition) is 1. The first-order valence-corrected chi connectivity index (χ1v) is 12.4. The summed E-state index contributed by atoms with van der Waals surface area (Å²) in [5, 5.41) is 12.7. The monoisotopic (exact) mass is 481 g/mol. The number of carbonyl (C=O) groups is 2. The van der Waals surface area contributed by atoms with Gasteiger partial charge in [-0.1, -0.05) is 60.5 Å². The van der Waals surface area contributed by atoms with E-state index >= 15 is 0 Å². The third kappa shape index (κ3) is 4.25. The molecule has 2 aliphatic rings. The molecule has 2 aromatic carbocycles. The standard InChI is InChI=1S/C24H24ClN5O2S/c1-15(23(32)29-14-21(31)26-19-12-6-7-13-20(19)29)33-24-28-27-22(17-10-4-5-11-18(17)25)30(24)16-8-2-3-9-16/h4-7,10-13,15-16H,2-3,8-9,14H2,1H3,(H,26,31)/t15-/m0/s1. The molecule has 1 aromatic heterocycles. The minimum atomic E-state index is -0.451. The number of para-hydroxylation sites is 2. The highest BCUT2D eigenvalue weighted by atomic mass is 35.5. The van der Waals surface area contributed by atoms with Crippen LogP contribution in [-0.2, 0) is 9.59 Å². The predicted octanol–water partition coefficient (Wildman–Crippen LogP) is 5.18. The lowest BCUT2D eigenvalue weighted by Gasteiger charge is -2.30. The number of fused-ring (bicyclic) bond motifs is 1. The molecule has 2 amide bonds. The van der Waals surface area contributed by atoms with Crippen LogP contribution in [0.4, 0.5) is 11.4 Å². The molecule has 1 aliphatic carbocycles. The first-order valence-electron chi connectivity index (χ1n) is 11.1. The average molecular weight is 482 g/mol. The Bertz CT molecular complexity index is 1210. The van der Waals surface area contributed by atoms with Crippen LogP contribution < -0.4 is 10.2 Å². The molecule has 1 fully saturated rings. The predicted molar refractivity (Wildman–Crippen MR) is 131 cm³/mol. The number of thioether (sulfide) groups is 1. The van der Waals surface area contributed by atoms with Crippen molar-refractivity contribution in [2.24, 2.45) is 0 Å². The summed E-state index contributed by atoms with van der Waals surface area (Å²) in [5.74, 6) is 0.397. The Morgan fingerprint density at radius 2 is 1.85 bits per heavy atom. The number of nitrogens with zero attached hydrogens (tertiary/aromatic N) is 4. The van der Waals surface area contributed by atoms with Crippen LogP contribution in [0.25, 0.3) is 11.4 Å². The molecule has 3 aromatic rings. The maximum atomic E-state index is 13.4. The third-order valence-corrected chi connectivity index (χ3v) is 7.51. The summed E-state index contributed by atoms with van der Waals surface area (Å²) in [6.45, 7) is 1.85. The minimum absolute atomic E-state index is 0.000928. The van der Waals surface area contributed by atoms with E-state index in [2.05, 4.69) is 20.1 Å². The second kappa shape index (κ2) is 9.19. The molecule has 1 saturated carbocycles. The van der Waals surface area contributed by atoms with Gasteiger partial charge in [0.2, 0.25) is 11.8 Å². The van der Waals surface area contributed by atoms with Gasteiger partial charge in [0.1, 0.15) is 6.54 Å². The number of benzene rings is 2. The molecule has 9 heteroatoms. The minimum Gasteiger partial charge on any atom is -0.323 e. The van der Waals surface area contributed by atoms with Gasteiger partial charge in [0, 0.05) is 11.6 Å². The summed E-state index contributed by atoms with van der Waals surface area (Å²) < 4.78 is 2.15. The molecule has 5 rings (SSSR count). The van der Waals surface area contributed by atoms with E-state index in [0.29, 0.717) is 21.6 Å². The molecule has 1 aliphatic heterocycles. The van der Waals surface area contributed by atoms with Crippen molar-refractivity contribution in [2.45, 2.75) is 49.1 Å². The van der Waals surface area contributed by atoms with Gasteiger partial charge in [-0.3, -0.25) is 19.1 Å². The van der Waals surface area contributed by atoms with Crippen molar-refractivity contribution in [3.8, 4) is 11.4 Å². The van der Waals surface area contributed by atoms with Crippen LogP contribution in [0, 0.1) is 0 Å². The normalized spacial score (nSPS) is 17.0. The molecule has 0 radical (unpaired) electrons. The van der Waals surface area contributed by atoms with Gasteiger partial charge in [-0.2, -0.15) is 0 Å². The van der Waals surface area contributed by atoms with Crippen molar-refractivity contribution in [1.29, 1.82) is 0 Å². The van der Waals surface area contributed by atoms with Gasteiger partial charge in [0.25, 0.3) is 0 Å². The molecule has 7 nitrogen and oxygen atoms in total. The maximum absolute atomic E-state index is 13.4. The van der Waals surface area contributed by atoms with Gasteiger partial charge in [-0.25, -0.2) is 0 Å². The maximum Gasteiger partial charge on any atom is 0.244 e. The Kier molecular flexibility index (Phi) is 6.12. The quantitative estimate of drug-likeness (QED) is 0.508. The lowest BCUT2D eigenvalue weighted by atomic mass is 10.2. The molecule has 0 unspecified atom stereocenters. The fourth-order valence-electron chi connectivity index (χ4n) is 4.53. The van der Waals surface area contributed by atoms with Crippen LogP contribution in [0.2, 0.25) is 5.02 Å².